The van der Waals surface area contributed by atoms with Crippen LogP contribution in [0.4, 0.5) is 0 Å². The average molecular weight is 396 g/mol. The van der Waals surface area contributed by atoms with Crippen molar-refractivity contribution in [2.45, 2.75) is 6.73 Å². The number of hydrogen-bond acceptors (Lipinski definition) is 7. The van der Waals surface area contributed by atoms with Crippen molar-refractivity contribution in [2.75, 3.05) is 7.11 Å². The molecule has 0 spiro atoms. The lowest BCUT2D eigenvalue weighted by atomic mass is 10.1. The quantitative estimate of drug-likeness (QED) is 0.369. The van der Waals surface area contributed by atoms with Crippen LogP contribution in [-0.4, -0.2) is 38.2 Å². The molecule has 0 unspecified atom stereocenters. The number of rotatable bonds is 6. The lowest BCUT2D eigenvalue weighted by Crippen LogP contribution is -2.05. The SMILES string of the molecule is COC(=O)c1csc(C(=O)c2cn(COP(=O)(O)O)c3ccccc23)n1. The van der Waals surface area contributed by atoms with E-state index in [0.717, 1.165) is 11.3 Å². The van der Waals surface area contributed by atoms with Crippen molar-refractivity contribution in [1.29, 1.82) is 0 Å². The molecule has 0 aliphatic heterocycles. The Morgan fingerprint density at radius 1 is 1.31 bits per heavy atom. The van der Waals surface area contributed by atoms with Gasteiger partial charge in [-0.3, -0.25) is 9.32 Å². The van der Waals surface area contributed by atoms with Crippen molar-refractivity contribution < 1.29 is 33.2 Å². The Bertz CT molecular complexity index is 1040. The number of ether oxygens (including phenoxy) is 1. The van der Waals surface area contributed by atoms with E-state index in [4.69, 9.17) is 9.79 Å². The van der Waals surface area contributed by atoms with Gasteiger partial charge in [0.25, 0.3) is 0 Å². The van der Waals surface area contributed by atoms with Crippen molar-refractivity contribution in [3.05, 3.63) is 52.1 Å². The number of methoxy groups -OCH3 is 1. The fraction of sp³-hybridized carbons (Fsp3) is 0.133. The van der Waals surface area contributed by atoms with Crippen molar-refractivity contribution in [1.82, 2.24) is 9.55 Å². The monoisotopic (exact) mass is 396 g/mol. The maximum atomic E-state index is 12.8. The highest BCUT2D eigenvalue weighted by Crippen LogP contribution is 2.37. The average Bonchev–Trinajstić information content (AvgIpc) is 3.23. The number of hydrogen-bond donors (Lipinski definition) is 2. The first-order chi connectivity index (χ1) is 12.3. The van der Waals surface area contributed by atoms with Crippen LogP contribution in [0.15, 0.2) is 35.8 Å². The molecule has 0 radical (unpaired) electrons. The number of carbonyl (C=O) groups is 2. The molecule has 0 atom stereocenters. The first-order valence-corrected chi connectivity index (χ1v) is 9.57. The molecule has 0 aliphatic carbocycles. The molecular weight excluding hydrogens is 383 g/mol. The summed E-state index contributed by atoms with van der Waals surface area (Å²) >= 11 is 1.01. The second-order valence-corrected chi connectivity index (χ2v) is 7.23. The van der Waals surface area contributed by atoms with E-state index in [1.54, 1.807) is 24.3 Å². The Hall–Kier alpha value is -2.36. The molecule has 2 N–H and O–H groups in total. The van der Waals surface area contributed by atoms with Gasteiger partial charge in [0.2, 0.25) is 5.78 Å². The van der Waals surface area contributed by atoms with Crippen molar-refractivity contribution in [3.8, 4) is 0 Å². The number of aromatic nitrogens is 2. The summed E-state index contributed by atoms with van der Waals surface area (Å²) in [5.41, 5.74) is 0.879. The van der Waals surface area contributed by atoms with E-state index in [-0.39, 0.29) is 16.3 Å². The van der Waals surface area contributed by atoms with Crippen molar-refractivity contribution in [3.63, 3.8) is 0 Å². The molecule has 0 saturated heterocycles. The minimum atomic E-state index is -4.66. The third-order valence-corrected chi connectivity index (χ3v) is 4.78. The Morgan fingerprint density at radius 2 is 2.04 bits per heavy atom. The van der Waals surface area contributed by atoms with Gasteiger partial charge in [-0.25, -0.2) is 14.3 Å². The van der Waals surface area contributed by atoms with E-state index < -0.39 is 26.3 Å². The van der Waals surface area contributed by atoms with Crippen LogP contribution in [-0.2, 0) is 20.6 Å². The van der Waals surface area contributed by atoms with Crippen molar-refractivity contribution in [2.24, 2.45) is 0 Å². The van der Waals surface area contributed by atoms with E-state index in [2.05, 4.69) is 14.2 Å². The van der Waals surface area contributed by atoms with Crippen LogP contribution in [0.25, 0.3) is 10.9 Å². The number of fused-ring (bicyclic) bond motifs is 1. The Balaban J connectivity index is 1.99. The summed E-state index contributed by atoms with van der Waals surface area (Å²) in [6.45, 7) is -0.427. The highest BCUT2D eigenvalue weighted by molar-refractivity contribution is 7.46. The first kappa shape index (κ1) is 18.4. The molecule has 0 bridgehead atoms. The molecule has 9 nitrogen and oxygen atoms in total. The summed E-state index contributed by atoms with van der Waals surface area (Å²) in [6, 6.07) is 6.85. The van der Waals surface area contributed by atoms with Gasteiger partial charge in [0, 0.05) is 17.0 Å². The number of ketones is 1. The third-order valence-electron chi connectivity index (χ3n) is 3.49. The molecule has 3 aromatic rings. The Labute approximate surface area is 151 Å². The Morgan fingerprint density at radius 3 is 2.73 bits per heavy atom. The normalized spacial score (nSPS) is 11.7. The number of nitrogens with zero attached hydrogens (tertiary/aromatic N) is 2. The van der Waals surface area contributed by atoms with Crippen LogP contribution >= 0.6 is 19.2 Å². The predicted octanol–water partition coefficient (Wildman–Crippen LogP) is 2.18. The zero-order valence-electron chi connectivity index (χ0n) is 13.4. The summed E-state index contributed by atoms with van der Waals surface area (Å²) in [7, 11) is -3.44. The summed E-state index contributed by atoms with van der Waals surface area (Å²) in [4.78, 5) is 46.0. The molecule has 136 valence electrons. The molecule has 0 aliphatic rings. The standard InChI is InChI=1S/C15H13N2O7PS/c1-23-15(19)11-7-26-14(16-11)13(18)10-6-17(8-24-25(20,21)22)12-5-3-2-4-9(10)12/h2-7H,8H2,1H3,(H2,20,21,22). The molecule has 0 saturated carbocycles. The third kappa shape index (κ3) is 3.74. The van der Waals surface area contributed by atoms with Gasteiger partial charge in [0.15, 0.2) is 10.7 Å². The highest BCUT2D eigenvalue weighted by atomic mass is 32.1. The first-order valence-electron chi connectivity index (χ1n) is 7.16. The van der Waals surface area contributed by atoms with Crippen LogP contribution < -0.4 is 0 Å². The van der Waals surface area contributed by atoms with Gasteiger partial charge in [-0.15, -0.1) is 11.3 Å². The van der Waals surface area contributed by atoms with Crippen LogP contribution in [0.3, 0.4) is 0 Å². The largest absolute Gasteiger partial charge is 0.471 e. The summed E-state index contributed by atoms with van der Waals surface area (Å²) in [5, 5.41) is 2.10. The summed E-state index contributed by atoms with van der Waals surface area (Å²) in [6.07, 6.45) is 1.43. The van der Waals surface area contributed by atoms with E-state index in [0.29, 0.717) is 10.9 Å². The van der Waals surface area contributed by atoms with E-state index in [1.807, 2.05) is 0 Å². The minimum Gasteiger partial charge on any atom is -0.464 e. The second-order valence-electron chi connectivity index (χ2n) is 5.14. The van der Waals surface area contributed by atoms with Gasteiger partial charge in [0.1, 0.15) is 6.73 Å². The minimum absolute atomic E-state index is 0.0365. The molecule has 1 aromatic carbocycles. The van der Waals surface area contributed by atoms with Gasteiger partial charge >= 0.3 is 13.8 Å². The molecule has 0 amide bonds. The van der Waals surface area contributed by atoms with Crippen LogP contribution in [0.1, 0.15) is 25.9 Å². The lowest BCUT2D eigenvalue weighted by Gasteiger charge is -2.07. The number of phosphoric ester groups is 1. The van der Waals surface area contributed by atoms with E-state index in [1.165, 1.54) is 23.3 Å². The maximum Gasteiger partial charge on any atom is 0.471 e. The van der Waals surface area contributed by atoms with Crippen LogP contribution in [0, 0.1) is 0 Å². The lowest BCUT2D eigenvalue weighted by molar-refractivity contribution is 0.0595. The fourth-order valence-electron chi connectivity index (χ4n) is 2.36. The van der Waals surface area contributed by atoms with Gasteiger partial charge < -0.3 is 19.1 Å². The van der Waals surface area contributed by atoms with Gasteiger partial charge in [-0.1, -0.05) is 18.2 Å². The number of benzene rings is 1. The van der Waals surface area contributed by atoms with Crippen LogP contribution in [0.5, 0.6) is 0 Å². The second kappa shape index (κ2) is 7.10. The number of para-hydroxylation sites is 1. The van der Waals surface area contributed by atoms with Crippen molar-refractivity contribution >= 4 is 41.8 Å². The van der Waals surface area contributed by atoms with E-state index >= 15 is 0 Å². The van der Waals surface area contributed by atoms with Crippen LogP contribution in [0.2, 0.25) is 0 Å². The number of phosphoric acid groups is 1. The molecule has 11 heteroatoms. The van der Waals surface area contributed by atoms with Gasteiger partial charge in [-0.2, -0.15) is 0 Å². The number of esters is 1. The zero-order valence-corrected chi connectivity index (χ0v) is 15.1. The number of carbonyl (C=O) groups excluding carboxylic acids is 2. The maximum absolute atomic E-state index is 12.8. The zero-order chi connectivity index (χ0) is 18.9. The smallest absolute Gasteiger partial charge is 0.464 e. The fourth-order valence-corrected chi connectivity index (χ4v) is 3.38. The van der Waals surface area contributed by atoms with E-state index in [9.17, 15) is 14.2 Å². The molecule has 26 heavy (non-hydrogen) atoms. The van der Waals surface area contributed by atoms with Gasteiger partial charge in [-0.05, 0) is 6.07 Å². The predicted molar refractivity (Wildman–Crippen MR) is 92.0 cm³/mol. The molecule has 2 heterocycles. The Kier molecular flexibility index (Phi) is 5.03. The molecular formula is C15H13N2O7PS. The topological polar surface area (TPSA) is 128 Å². The number of thiazole rings is 1. The molecule has 3 rings (SSSR count). The van der Waals surface area contributed by atoms with Gasteiger partial charge in [0.05, 0.1) is 18.2 Å². The molecule has 0 fully saturated rings. The summed E-state index contributed by atoms with van der Waals surface area (Å²) in [5.74, 6) is -1.06. The molecule has 2 aromatic heterocycles. The highest BCUT2D eigenvalue weighted by Gasteiger charge is 2.22. The summed E-state index contributed by atoms with van der Waals surface area (Å²) < 4.78 is 21.4.